The topological polar surface area (TPSA) is 66.4 Å². The third kappa shape index (κ3) is 3.19. The number of carbonyl (C=O) groups excluding carboxylic acids is 1. The Hall–Kier alpha value is -1.59. The molecule has 4 nitrogen and oxygen atoms in total. The van der Waals surface area contributed by atoms with Crippen molar-refractivity contribution in [2.45, 2.75) is 26.8 Å². The number of amides is 1. The molecule has 1 aromatic heterocycles. The van der Waals surface area contributed by atoms with E-state index in [0.29, 0.717) is 9.90 Å². The van der Waals surface area contributed by atoms with Gasteiger partial charge in [0.25, 0.3) is 5.91 Å². The van der Waals surface area contributed by atoms with E-state index in [1.165, 1.54) is 11.3 Å². The summed E-state index contributed by atoms with van der Waals surface area (Å²) in [5.41, 5.74) is -0.593. The minimum Gasteiger partial charge on any atom is -0.480 e. The average molecular weight is 326 g/mol. The highest BCUT2D eigenvalue weighted by Crippen LogP contribution is 2.35. The fourth-order valence-corrected chi connectivity index (χ4v) is 3.43. The second kappa shape index (κ2) is 5.66. The van der Waals surface area contributed by atoms with Gasteiger partial charge in [-0.15, -0.1) is 11.3 Å². The largest absolute Gasteiger partial charge is 0.480 e. The molecule has 0 radical (unpaired) electrons. The molecular weight excluding hydrogens is 310 g/mol. The van der Waals surface area contributed by atoms with Crippen molar-refractivity contribution in [1.82, 2.24) is 5.32 Å². The van der Waals surface area contributed by atoms with Crippen LogP contribution >= 0.6 is 22.9 Å². The van der Waals surface area contributed by atoms with Crippen molar-refractivity contribution in [1.29, 1.82) is 0 Å². The predicted octanol–water partition coefficient (Wildman–Crippen LogP) is 3.78. The number of hydrogen-bond acceptors (Lipinski definition) is 3. The van der Waals surface area contributed by atoms with Gasteiger partial charge in [0.05, 0.1) is 5.02 Å². The SMILES string of the molecule is CC(C)(C)[C@@H](NC(=O)c1sc2ccccc2c1Cl)C(=O)O. The van der Waals surface area contributed by atoms with Gasteiger partial charge in [0, 0.05) is 10.1 Å². The molecule has 6 heteroatoms. The quantitative estimate of drug-likeness (QED) is 0.902. The monoisotopic (exact) mass is 325 g/mol. The highest BCUT2D eigenvalue weighted by Gasteiger charge is 2.33. The Bertz CT molecular complexity index is 702. The molecule has 21 heavy (non-hydrogen) atoms. The molecule has 0 fully saturated rings. The van der Waals surface area contributed by atoms with E-state index in [1.54, 1.807) is 20.8 Å². The van der Waals surface area contributed by atoms with E-state index in [2.05, 4.69) is 5.32 Å². The lowest BCUT2D eigenvalue weighted by molar-refractivity contribution is -0.142. The molecule has 1 heterocycles. The smallest absolute Gasteiger partial charge is 0.326 e. The van der Waals surface area contributed by atoms with E-state index in [0.717, 1.165) is 10.1 Å². The third-order valence-electron chi connectivity index (χ3n) is 3.13. The van der Waals surface area contributed by atoms with Crippen LogP contribution in [-0.2, 0) is 4.79 Å². The van der Waals surface area contributed by atoms with Crippen LogP contribution in [0.2, 0.25) is 5.02 Å². The van der Waals surface area contributed by atoms with E-state index in [4.69, 9.17) is 11.6 Å². The molecule has 2 aromatic rings. The van der Waals surface area contributed by atoms with Gasteiger partial charge in [-0.1, -0.05) is 50.6 Å². The Morgan fingerprint density at radius 2 is 1.90 bits per heavy atom. The van der Waals surface area contributed by atoms with Crippen molar-refractivity contribution in [2.75, 3.05) is 0 Å². The first-order chi connectivity index (χ1) is 9.71. The fraction of sp³-hybridized carbons (Fsp3) is 0.333. The molecule has 0 aliphatic rings. The molecule has 0 aliphatic heterocycles. The lowest BCUT2D eigenvalue weighted by Gasteiger charge is -2.27. The van der Waals surface area contributed by atoms with Gasteiger partial charge in [-0.2, -0.15) is 0 Å². The summed E-state index contributed by atoms with van der Waals surface area (Å²) in [5.74, 6) is -1.52. The maximum Gasteiger partial charge on any atom is 0.326 e. The zero-order valence-electron chi connectivity index (χ0n) is 11.9. The third-order valence-corrected chi connectivity index (χ3v) is 4.80. The van der Waals surface area contributed by atoms with E-state index < -0.39 is 23.3 Å². The lowest BCUT2D eigenvalue weighted by Crippen LogP contribution is -2.48. The molecule has 1 aromatic carbocycles. The van der Waals surface area contributed by atoms with Crippen molar-refractivity contribution >= 4 is 44.9 Å². The van der Waals surface area contributed by atoms with Gasteiger partial charge in [0.2, 0.25) is 0 Å². The maximum atomic E-state index is 12.3. The number of carboxylic acids is 1. The van der Waals surface area contributed by atoms with Gasteiger partial charge in [-0.25, -0.2) is 4.79 Å². The van der Waals surface area contributed by atoms with Crippen molar-refractivity contribution in [2.24, 2.45) is 5.41 Å². The Morgan fingerprint density at radius 3 is 2.43 bits per heavy atom. The molecule has 0 bridgehead atoms. The zero-order chi connectivity index (χ0) is 15.8. The van der Waals surface area contributed by atoms with Crippen LogP contribution < -0.4 is 5.32 Å². The molecule has 2 N–H and O–H groups in total. The van der Waals surface area contributed by atoms with Gasteiger partial charge >= 0.3 is 5.97 Å². The maximum absolute atomic E-state index is 12.3. The van der Waals surface area contributed by atoms with E-state index in [9.17, 15) is 14.7 Å². The van der Waals surface area contributed by atoms with E-state index in [-0.39, 0.29) is 0 Å². The standard InChI is InChI=1S/C15H16ClNO3S/c1-15(2,3)12(14(19)20)17-13(18)11-10(16)8-6-4-5-7-9(8)21-11/h4-7,12H,1-3H3,(H,17,18)(H,19,20)/t12-/m0/s1. The predicted molar refractivity (Wildman–Crippen MR) is 85.2 cm³/mol. The molecule has 2 rings (SSSR count). The second-order valence-corrected chi connectivity index (χ2v) is 7.28. The highest BCUT2D eigenvalue weighted by molar-refractivity contribution is 7.21. The molecule has 112 valence electrons. The molecule has 0 spiro atoms. The van der Waals surface area contributed by atoms with E-state index in [1.807, 2.05) is 24.3 Å². The van der Waals surface area contributed by atoms with Crippen molar-refractivity contribution in [3.63, 3.8) is 0 Å². The minimum absolute atomic E-state index is 0.341. The van der Waals surface area contributed by atoms with Crippen molar-refractivity contribution in [3.8, 4) is 0 Å². The summed E-state index contributed by atoms with van der Waals surface area (Å²) in [7, 11) is 0. The number of carbonyl (C=O) groups is 2. The van der Waals surface area contributed by atoms with Gasteiger partial charge in [-0.05, 0) is 11.5 Å². The van der Waals surface area contributed by atoms with Gasteiger partial charge < -0.3 is 10.4 Å². The summed E-state index contributed by atoms with van der Waals surface area (Å²) >= 11 is 7.49. The first kappa shape index (κ1) is 15.8. The van der Waals surface area contributed by atoms with Crippen LogP contribution in [0.5, 0.6) is 0 Å². The average Bonchev–Trinajstić information content (AvgIpc) is 2.72. The Balaban J connectivity index is 2.34. The normalized spacial score (nSPS) is 13.1. The summed E-state index contributed by atoms with van der Waals surface area (Å²) in [4.78, 5) is 24.0. The minimum atomic E-state index is -1.06. The summed E-state index contributed by atoms with van der Waals surface area (Å²) in [6.07, 6.45) is 0. The van der Waals surface area contributed by atoms with Crippen molar-refractivity contribution < 1.29 is 14.7 Å². The van der Waals surface area contributed by atoms with Crippen LogP contribution in [0.3, 0.4) is 0 Å². The molecule has 0 saturated heterocycles. The number of halogens is 1. The summed E-state index contributed by atoms with van der Waals surface area (Å²) in [6, 6.07) is 6.44. The Kier molecular flexibility index (Phi) is 4.25. The number of nitrogens with one attached hydrogen (secondary N) is 1. The summed E-state index contributed by atoms with van der Waals surface area (Å²) < 4.78 is 0.898. The van der Waals surface area contributed by atoms with Gasteiger partial charge in [-0.3, -0.25) is 4.79 Å². The summed E-state index contributed by atoms with van der Waals surface area (Å²) in [6.45, 7) is 5.29. The zero-order valence-corrected chi connectivity index (χ0v) is 13.5. The van der Waals surface area contributed by atoms with Crippen LogP contribution in [0.4, 0.5) is 0 Å². The molecule has 0 unspecified atom stereocenters. The molecule has 0 saturated carbocycles. The van der Waals surface area contributed by atoms with Crippen LogP contribution in [-0.4, -0.2) is 23.0 Å². The Morgan fingerprint density at radius 1 is 1.29 bits per heavy atom. The second-order valence-electron chi connectivity index (χ2n) is 5.85. The van der Waals surface area contributed by atoms with Gasteiger partial charge in [0.1, 0.15) is 10.9 Å². The number of rotatable bonds is 3. The summed E-state index contributed by atoms with van der Waals surface area (Å²) in [5, 5.41) is 13.0. The molecule has 1 amide bonds. The lowest BCUT2D eigenvalue weighted by atomic mass is 9.87. The van der Waals surface area contributed by atoms with E-state index >= 15 is 0 Å². The van der Waals surface area contributed by atoms with Gasteiger partial charge in [0.15, 0.2) is 0 Å². The van der Waals surface area contributed by atoms with Crippen LogP contribution in [0, 0.1) is 5.41 Å². The first-order valence-electron chi connectivity index (χ1n) is 6.42. The van der Waals surface area contributed by atoms with Crippen LogP contribution in [0.15, 0.2) is 24.3 Å². The number of benzene rings is 1. The van der Waals surface area contributed by atoms with Crippen molar-refractivity contribution in [3.05, 3.63) is 34.2 Å². The molecule has 0 aliphatic carbocycles. The highest BCUT2D eigenvalue weighted by atomic mass is 35.5. The number of hydrogen-bond donors (Lipinski definition) is 2. The fourth-order valence-electron chi connectivity index (χ4n) is 2.01. The number of thiophene rings is 1. The number of fused-ring (bicyclic) bond motifs is 1. The van der Waals surface area contributed by atoms with Crippen LogP contribution in [0.1, 0.15) is 30.4 Å². The number of aliphatic carboxylic acids is 1. The first-order valence-corrected chi connectivity index (χ1v) is 7.62. The van der Waals surface area contributed by atoms with Crippen LogP contribution in [0.25, 0.3) is 10.1 Å². The molecular formula is C15H16ClNO3S. The molecule has 1 atom stereocenters. The number of carboxylic acid groups (broad SMARTS) is 1. The Labute approximate surface area is 131 Å².